The number of hydrogen-bond acceptors (Lipinski definition) is 6. The second kappa shape index (κ2) is 12.8. The number of hydrogen-bond donors (Lipinski definition) is 0. The second-order valence-corrected chi connectivity index (χ2v) is 12.8. The van der Waals surface area contributed by atoms with Gasteiger partial charge in [-0.05, 0) is 84.2 Å². The highest BCUT2D eigenvalue weighted by Crippen LogP contribution is 2.36. The number of ether oxygens (including phenoxy) is 2. The fourth-order valence-corrected chi connectivity index (χ4v) is 7.22. The summed E-state index contributed by atoms with van der Waals surface area (Å²) in [6.07, 6.45) is 0. The van der Waals surface area contributed by atoms with Gasteiger partial charge in [-0.1, -0.05) is 72.8 Å². The van der Waals surface area contributed by atoms with E-state index in [0.717, 1.165) is 55.0 Å². The van der Waals surface area contributed by atoms with E-state index >= 15 is 0 Å². The van der Waals surface area contributed by atoms with E-state index in [-0.39, 0.29) is 29.2 Å². The van der Waals surface area contributed by atoms with E-state index < -0.39 is 23.0 Å². The highest BCUT2D eigenvalue weighted by Gasteiger charge is 2.19. The van der Waals surface area contributed by atoms with Crippen molar-refractivity contribution in [2.24, 2.45) is 0 Å². The molecule has 0 aliphatic rings. The third kappa shape index (κ3) is 5.42. The van der Waals surface area contributed by atoms with Crippen molar-refractivity contribution in [3.05, 3.63) is 150 Å². The van der Waals surface area contributed by atoms with Crippen LogP contribution in [-0.2, 0) is 27.2 Å². The lowest BCUT2D eigenvalue weighted by Crippen LogP contribution is -2.11. The molecule has 246 valence electrons. The molecule has 0 aliphatic heterocycles. The van der Waals surface area contributed by atoms with E-state index in [2.05, 4.69) is 63.7 Å². The lowest BCUT2D eigenvalue weighted by Gasteiger charge is -2.16. The Morgan fingerprint density at radius 1 is 0.580 bits per heavy atom. The Morgan fingerprint density at radius 2 is 0.980 bits per heavy atom. The van der Waals surface area contributed by atoms with Crippen LogP contribution in [0.5, 0.6) is 0 Å². The maximum absolute atomic E-state index is 13.5. The molecule has 0 N–H and O–H groups in total. The number of rotatable bonds is 8. The topological polar surface area (TPSA) is 103 Å². The number of esters is 2. The predicted molar refractivity (Wildman–Crippen MR) is 194 cm³/mol. The lowest BCUT2D eigenvalue weighted by molar-refractivity contribution is 0.0472. The summed E-state index contributed by atoms with van der Waals surface area (Å²) in [6.45, 7) is 1.62. The van der Waals surface area contributed by atoms with Crippen LogP contribution in [0.2, 0.25) is 0 Å². The number of carbonyl (C=O) groups excluding carboxylic acids is 2. The van der Waals surface area contributed by atoms with Gasteiger partial charge in [0.15, 0.2) is 0 Å². The third-order valence-electron chi connectivity index (χ3n) is 8.85. The van der Waals surface area contributed by atoms with Crippen LogP contribution in [0.15, 0.2) is 138 Å². The summed E-state index contributed by atoms with van der Waals surface area (Å²) in [5.41, 5.74) is 6.47. The number of para-hydroxylation sites is 4. The Labute approximate surface area is 289 Å². The van der Waals surface area contributed by atoms with E-state index in [4.69, 9.17) is 9.47 Å². The first-order valence-electron chi connectivity index (χ1n) is 16.1. The van der Waals surface area contributed by atoms with Gasteiger partial charge in [-0.25, -0.2) is 9.59 Å². The van der Waals surface area contributed by atoms with Gasteiger partial charge in [0.05, 0.1) is 39.8 Å². The fraction of sp³-hybridized carbons (Fsp3) is 0.0732. The van der Waals surface area contributed by atoms with Crippen molar-refractivity contribution in [2.45, 2.75) is 18.4 Å². The molecule has 0 bridgehead atoms. The molecule has 2 aromatic heterocycles. The zero-order valence-electron chi connectivity index (χ0n) is 26.9. The lowest BCUT2D eigenvalue weighted by atomic mass is 10.1. The van der Waals surface area contributed by atoms with Crippen molar-refractivity contribution in [3.63, 3.8) is 0 Å². The molecule has 0 saturated carbocycles. The SMILES string of the molecule is CCOC(=O)c1cc(C(=O)OCc2cc(-n3c4ccccc4c4ccccc43)cc(-n3c4ccccc4c4ccccc43)c2)cc(S(=O)[O-])c1. The van der Waals surface area contributed by atoms with Crippen LogP contribution < -0.4 is 0 Å². The Bertz CT molecular complexity index is 2420. The van der Waals surface area contributed by atoms with Crippen molar-refractivity contribution < 1.29 is 27.8 Å². The quantitative estimate of drug-likeness (QED) is 0.118. The zero-order valence-corrected chi connectivity index (χ0v) is 27.7. The van der Waals surface area contributed by atoms with E-state index in [1.165, 1.54) is 18.2 Å². The molecular formula is C41H29N2O6S-. The summed E-state index contributed by atoms with van der Waals surface area (Å²) < 4.78 is 39.0. The highest BCUT2D eigenvalue weighted by molar-refractivity contribution is 7.79. The zero-order chi connectivity index (χ0) is 34.4. The molecule has 0 radical (unpaired) electrons. The van der Waals surface area contributed by atoms with Gasteiger partial charge in [-0.15, -0.1) is 0 Å². The number of aromatic nitrogens is 2. The van der Waals surface area contributed by atoms with Gasteiger partial charge in [0.25, 0.3) is 0 Å². The third-order valence-corrected chi connectivity index (χ3v) is 9.48. The maximum Gasteiger partial charge on any atom is 0.338 e. The van der Waals surface area contributed by atoms with Crippen molar-refractivity contribution in [1.29, 1.82) is 0 Å². The van der Waals surface area contributed by atoms with Crippen molar-refractivity contribution in [3.8, 4) is 11.4 Å². The summed E-state index contributed by atoms with van der Waals surface area (Å²) in [5, 5.41) is 4.47. The van der Waals surface area contributed by atoms with Crippen LogP contribution in [0.1, 0.15) is 33.2 Å². The van der Waals surface area contributed by atoms with Gasteiger partial charge < -0.3 is 23.2 Å². The number of benzene rings is 6. The van der Waals surface area contributed by atoms with Gasteiger partial charge >= 0.3 is 11.9 Å². The summed E-state index contributed by atoms with van der Waals surface area (Å²) in [7, 11) is 0. The Kier molecular flexibility index (Phi) is 7.99. The first-order chi connectivity index (χ1) is 24.4. The van der Waals surface area contributed by atoms with Crippen LogP contribution in [0.4, 0.5) is 0 Å². The summed E-state index contributed by atoms with van der Waals surface area (Å²) in [6, 6.07) is 42.8. The second-order valence-electron chi connectivity index (χ2n) is 11.9. The molecule has 0 amide bonds. The minimum absolute atomic E-state index is 0.0532. The first-order valence-corrected chi connectivity index (χ1v) is 17.2. The number of fused-ring (bicyclic) bond motifs is 6. The van der Waals surface area contributed by atoms with E-state index in [1.807, 2.05) is 60.7 Å². The molecular weight excluding hydrogens is 649 g/mol. The molecule has 50 heavy (non-hydrogen) atoms. The monoisotopic (exact) mass is 677 g/mol. The molecule has 0 spiro atoms. The van der Waals surface area contributed by atoms with Gasteiger partial charge in [0, 0.05) is 37.8 Å². The molecule has 8 aromatic rings. The minimum atomic E-state index is -2.69. The van der Waals surface area contributed by atoms with Crippen LogP contribution in [-0.4, -0.2) is 36.4 Å². The smallest absolute Gasteiger partial charge is 0.338 e. The van der Waals surface area contributed by atoms with Gasteiger partial charge in [0.1, 0.15) is 6.61 Å². The van der Waals surface area contributed by atoms with Crippen molar-refractivity contribution in [2.75, 3.05) is 6.61 Å². The minimum Gasteiger partial charge on any atom is -0.768 e. The molecule has 8 rings (SSSR count). The van der Waals surface area contributed by atoms with Crippen LogP contribution >= 0.6 is 0 Å². The van der Waals surface area contributed by atoms with Crippen molar-refractivity contribution in [1.82, 2.24) is 9.13 Å². The van der Waals surface area contributed by atoms with Crippen LogP contribution in [0.25, 0.3) is 55.0 Å². The standard InChI is InChI=1S/C41H30N2O6S/c1-2-48-40(44)27-21-28(23-31(22-27)50(46)47)41(45)49-25-26-19-29(42-36-15-7-3-11-32(36)33-12-4-8-16-37(33)42)24-30(20-26)43-38-17-9-5-13-34(38)35-14-6-10-18-39(35)43/h3-24H,2,25H2,1H3,(H,46,47)/p-1. The summed E-state index contributed by atoms with van der Waals surface area (Å²) in [5.74, 6) is -1.51. The average molecular weight is 678 g/mol. The molecule has 0 aliphatic carbocycles. The highest BCUT2D eigenvalue weighted by atomic mass is 32.2. The first kappa shape index (κ1) is 31.3. The fourth-order valence-electron chi connectivity index (χ4n) is 6.78. The van der Waals surface area contributed by atoms with Crippen LogP contribution in [0, 0.1) is 0 Å². The van der Waals surface area contributed by atoms with Crippen molar-refractivity contribution >= 4 is 66.6 Å². The molecule has 2 heterocycles. The number of nitrogens with zero attached hydrogens (tertiary/aromatic N) is 2. The normalized spacial score (nSPS) is 12.1. The Morgan fingerprint density at radius 3 is 1.38 bits per heavy atom. The van der Waals surface area contributed by atoms with E-state index in [9.17, 15) is 18.4 Å². The van der Waals surface area contributed by atoms with Gasteiger partial charge in [0.2, 0.25) is 0 Å². The molecule has 0 fully saturated rings. The van der Waals surface area contributed by atoms with Gasteiger partial charge in [-0.2, -0.15) is 0 Å². The summed E-state index contributed by atoms with van der Waals surface area (Å²) >= 11 is -2.69. The van der Waals surface area contributed by atoms with Gasteiger partial charge in [-0.3, -0.25) is 4.21 Å². The predicted octanol–water partition coefficient (Wildman–Crippen LogP) is 8.65. The Balaban J connectivity index is 1.28. The van der Waals surface area contributed by atoms with Crippen LogP contribution in [0.3, 0.4) is 0 Å². The molecule has 0 saturated heterocycles. The number of carbonyl (C=O) groups is 2. The molecule has 8 nitrogen and oxygen atoms in total. The summed E-state index contributed by atoms with van der Waals surface area (Å²) in [4.78, 5) is 25.7. The Hall–Kier alpha value is -6.03. The van der Waals surface area contributed by atoms with E-state index in [0.29, 0.717) is 5.56 Å². The average Bonchev–Trinajstić information content (AvgIpc) is 3.67. The largest absolute Gasteiger partial charge is 0.768 e. The van der Waals surface area contributed by atoms with E-state index in [1.54, 1.807) is 6.92 Å². The molecule has 6 aromatic carbocycles. The molecule has 1 atom stereocenters. The molecule has 1 unspecified atom stereocenters. The maximum atomic E-state index is 13.5. The molecule has 9 heteroatoms.